The fraction of sp³-hybridized carbons (Fsp3) is 0.833. The second kappa shape index (κ2) is 8.33. The van der Waals surface area contributed by atoms with Crippen LogP contribution in [-0.2, 0) is 25.9 Å². The van der Waals surface area contributed by atoms with Crippen LogP contribution >= 0.6 is 0 Å². The van der Waals surface area contributed by atoms with Gasteiger partial charge in [-0.2, -0.15) is 6.42 Å². The molecule has 0 radical (unpaired) electrons. The minimum absolute atomic E-state index is 0. The van der Waals surface area contributed by atoms with Crippen molar-refractivity contribution >= 4 is 5.91 Å². The number of rotatable bonds is 3. The van der Waals surface area contributed by atoms with E-state index in [9.17, 15) is 4.79 Å². The van der Waals surface area contributed by atoms with Crippen LogP contribution in [0.4, 0.5) is 0 Å². The fourth-order valence-electron chi connectivity index (χ4n) is 0.766. The maximum absolute atomic E-state index is 11.2. The number of unbranched alkanes of at least 4 members (excludes halogenated alkanes) is 1. The van der Waals surface area contributed by atoms with Gasteiger partial charge >= 0.3 is 0 Å². The molecule has 0 aromatic heterocycles. The number of hydrogen-bond donors (Lipinski definition) is 1. The Morgan fingerprint density at radius 3 is 2.00 bits per heavy atom. The first-order valence-electron chi connectivity index (χ1n) is 5.61. The second-order valence-electron chi connectivity index (χ2n) is 4.45. The topological polar surface area (TPSA) is 29.1 Å². The monoisotopic (exact) mass is 382 g/mol. The molecule has 1 aliphatic carbocycles. The standard InChI is InChI=1S/C8H14NO.C4H10.W/c1-6(2)9-7(10)8(3)4-5-8;1-3-4-2;/h4,6H,5H2,1-3H3,(H,9,10);3-4H2,1-2H3;/q-1;;. The first kappa shape index (κ1) is 17.5. The average molecular weight is 382 g/mol. The van der Waals surface area contributed by atoms with Crippen molar-refractivity contribution in [1.82, 2.24) is 5.32 Å². The Balaban J connectivity index is 0. The zero-order valence-electron chi connectivity index (χ0n) is 10.6. The molecule has 3 heteroatoms. The maximum Gasteiger partial charge on any atom is 0.193 e. The summed E-state index contributed by atoms with van der Waals surface area (Å²) >= 11 is 0. The van der Waals surface area contributed by atoms with Gasteiger partial charge in [0.25, 0.3) is 0 Å². The molecule has 2 nitrogen and oxygen atoms in total. The molecular formula is C12H24NOW-. The van der Waals surface area contributed by atoms with Crippen molar-refractivity contribution in [2.24, 2.45) is 5.41 Å². The van der Waals surface area contributed by atoms with E-state index in [1.807, 2.05) is 27.2 Å². The molecule has 0 aliphatic heterocycles. The Bertz CT molecular complexity index is 174. The summed E-state index contributed by atoms with van der Waals surface area (Å²) in [6.45, 7) is 10.3. The third-order valence-corrected chi connectivity index (χ3v) is 2.25. The molecule has 1 aliphatic rings. The Hall–Kier alpha value is 0.158. The molecule has 1 unspecified atom stereocenters. The van der Waals surface area contributed by atoms with E-state index in [2.05, 4.69) is 19.2 Å². The van der Waals surface area contributed by atoms with Crippen LogP contribution in [0.1, 0.15) is 53.9 Å². The van der Waals surface area contributed by atoms with Gasteiger partial charge in [0, 0.05) is 27.1 Å². The maximum atomic E-state index is 11.2. The molecule has 1 amide bonds. The first-order valence-corrected chi connectivity index (χ1v) is 5.61. The van der Waals surface area contributed by atoms with E-state index in [-0.39, 0.29) is 38.4 Å². The van der Waals surface area contributed by atoms with Crippen molar-refractivity contribution in [2.45, 2.75) is 59.9 Å². The molecule has 0 saturated heterocycles. The summed E-state index contributed by atoms with van der Waals surface area (Å²) in [5.41, 5.74) is -0.135. The van der Waals surface area contributed by atoms with Gasteiger partial charge in [-0.05, 0) is 13.8 Å². The molecule has 1 N–H and O–H groups in total. The Morgan fingerprint density at radius 2 is 1.80 bits per heavy atom. The van der Waals surface area contributed by atoms with Crippen molar-refractivity contribution in [1.29, 1.82) is 0 Å². The van der Waals surface area contributed by atoms with Gasteiger partial charge in [-0.15, -0.1) is 5.41 Å². The van der Waals surface area contributed by atoms with Gasteiger partial charge in [0.05, 0.1) is 0 Å². The van der Waals surface area contributed by atoms with Crippen molar-refractivity contribution in [3.05, 3.63) is 6.42 Å². The molecule has 0 heterocycles. The van der Waals surface area contributed by atoms with Crippen LogP contribution in [-0.4, -0.2) is 11.9 Å². The van der Waals surface area contributed by atoms with Gasteiger partial charge in [-0.1, -0.05) is 33.6 Å². The molecule has 1 fully saturated rings. The van der Waals surface area contributed by atoms with Crippen molar-refractivity contribution < 1.29 is 25.9 Å². The number of amides is 1. The van der Waals surface area contributed by atoms with Crippen LogP contribution < -0.4 is 5.32 Å². The summed E-state index contributed by atoms with van der Waals surface area (Å²) in [4.78, 5) is 11.2. The number of nitrogens with one attached hydrogen (secondary N) is 1. The molecule has 90 valence electrons. The predicted molar refractivity (Wildman–Crippen MR) is 60.9 cm³/mol. The first-order chi connectivity index (χ1) is 6.46. The van der Waals surface area contributed by atoms with Crippen molar-refractivity contribution in [3.8, 4) is 0 Å². The molecular weight excluding hydrogens is 358 g/mol. The zero-order chi connectivity index (χ0) is 11.2. The molecule has 15 heavy (non-hydrogen) atoms. The van der Waals surface area contributed by atoms with Crippen LogP contribution in [0.5, 0.6) is 0 Å². The molecule has 1 saturated carbocycles. The Morgan fingerprint density at radius 1 is 1.40 bits per heavy atom. The summed E-state index contributed by atoms with van der Waals surface area (Å²) in [5.74, 6) is 0.169. The van der Waals surface area contributed by atoms with Gasteiger partial charge in [-0.3, -0.25) is 4.79 Å². The molecule has 0 aromatic carbocycles. The van der Waals surface area contributed by atoms with Crippen LogP contribution in [0, 0.1) is 11.8 Å². The van der Waals surface area contributed by atoms with E-state index in [1.165, 1.54) is 12.8 Å². The largest absolute Gasteiger partial charge is 0.356 e. The van der Waals surface area contributed by atoms with Gasteiger partial charge in [0.15, 0.2) is 5.91 Å². The smallest absolute Gasteiger partial charge is 0.193 e. The summed E-state index contributed by atoms with van der Waals surface area (Å²) in [7, 11) is 0. The normalized spacial score (nSPS) is 22.3. The third kappa shape index (κ3) is 8.02. The Labute approximate surface area is 109 Å². The number of carbonyl (C=O) groups excluding carboxylic acids is 1. The van der Waals surface area contributed by atoms with Crippen LogP contribution in [0.3, 0.4) is 0 Å². The number of hydrogen-bond acceptors (Lipinski definition) is 1. The van der Waals surface area contributed by atoms with Gasteiger partial charge < -0.3 is 11.7 Å². The SMILES string of the molecule is CC(C)NC(=O)C1(C)[CH-]C1.CCCC.[W]. The van der Waals surface area contributed by atoms with Crippen LogP contribution in [0.15, 0.2) is 0 Å². The molecule has 0 aromatic rings. The minimum Gasteiger partial charge on any atom is -0.356 e. The van der Waals surface area contributed by atoms with Crippen molar-refractivity contribution in [2.75, 3.05) is 0 Å². The molecule has 1 rings (SSSR count). The van der Waals surface area contributed by atoms with E-state index in [4.69, 9.17) is 0 Å². The van der Waals surface area contributed by atoms with E-state index in [0.29, 0.717) is 0 Å². The minimum atomic E-state index is -0.135. The van der Waals surface area contributed by atoms with Gasteiger partial charge in [-0.25, -0.2) is 0 Å². The molecule has 0 bridgehead atoms. The van der Waals surface area contributed by atoms with E-state index < -0.39 is 0 Å². The summed E-state index contributed by atoms with van der Waals surface area (Å²) in [5, 5.41) is 2.88. The van der Waals surface area contributed by atoms with E-state index in [0.717, 1.165) is 6.42 Å². The quantitative estimate of drug-likeness (QED) is 0.748. The van der Waals surface area contributed by atoms with E-state index >= 15 is 0 Å². The summed E-state index contributed by atoms with van der Waals surface area (Å²) in [6, 6.07) is 0.262. The summed E-state index contributed by atoms with van der Waals surface area (Å²) in [6.07, 6.45) is 5.61. The van der Waals surface area contributed by atoms with Crippen molar-refractivity contribution in [3.63, 3.8) is 0 Å². The molecule has 0 spiro atoms. The van der Waals surface area contributed by atoms with Crippen LogP contribution in [0.2, 0.25) is 0 Å². The van der Waals surface area contributed by atoms with Gasteiger partial charge in [0.1, 0.15) is 0 Å². The predicted octanol–water partition coefficient (Wildman–Crippen LogP) is 2.93. The molecule has 1 atom stereocenters. The summed E-state index contributed by atoms with van der Waals surface area (Å²) < 4.78 is 0. The average Bonchev–Trinajstić information content (AvgIpc) is 2.84. The Kier molecular flexibility index (Phi) is 9.74. The fourth-order valence-corrected chi connectivity index (χ4v) is 0.766. The number of carbonyl (C=O) groups is 1. The zero-order valence-corrected chi connectivity index (χ0v) is 13.5. The third-order valence-electron chi connectivity index (χ3n) is 2.25. The van der Waals surface area contributed by atoms with Crippen LogP contribution in [0.25, 0.3) is 0 Å². The van der Waals surface area contributed by atoms with E-state index in [1.54, 1.807) is 0 Å². The second-order valence-corrected chi connectivity index (χ2v) is 4.45. The van der Waals surface area contributed by atoms with Gasteiger partial charge in [0.2, 0.25) is 0 Å².